The zero-order valence-electron chi connectivity index (χ0n) is 20.6. The maximum absolute atomic E-state index is 13.1. The Bertz CT molecular complexity index is 1300. The van der Waals surface area contributed by atoms with Gasteiger partial charge in [0.2, 0.25) is 11.9 Å². The molecule has 198 valence electrons. The van der Waals surface area contributed by atoms with Crippen LogP contribution in [0.2, 0.25) is 0 Å². The van der Waals surface area contributed by atoms with Gasteiger partial charge in [0.1, 0.15) is 16.3 Å². The van der Waals surface area contributed by atoms with Crippen LogP contribution in [0.5, 0.6) is 0 Å². The Hall–Kier alpha value is -3.09. The molecule has 1 aliphatic carbocycles. The molecule has 0 saturated heterocycles. The largest absolute Gasteiger partial charge is 0.433 e. The summed E-state index contributed by atoms with van der Waals surface area (Å²) in [5, 5.41) is 14.8. The van der Waals surface area contributed by atoms with Crippen molar-refractivity contribution in [3.8, 4) is 10.4 Å². The zero-order valence-corrected chi connectivity index (χ0v) is 21.4. The number of carbonyl (C=O) groups is 1. The van der Waals surface area contributed by atoms with Crippen LogP contribution in [0.3, 0.4) is 0 Å². The van der Waals surface area contributed by atoms with Gasteiger partial charge < -0.3 is 20.9 Å². The quantitative estimate of drug-likeness (QED) is 0.389. The fourth-order valence-electron chi connectivity index (χ4n) is 4.93. The van der Waals surface area contributed by atoms with Gasteiger partial charge in [0.15, 0.2) is 0 Å². The van der Waals surface area contributed by atoms with Gasteiger partial charge >= 0.3 is 6.18 Å². The second-order valence-electron chi connectivity index (χ2n) is 9.96. The lowest BCUT2D eigenvalue weighted by Gasteiger charge is -2.44. The van der Waals surface area contributed by atoms with E-state index in [-0.39, 0.29) is 24.4 Å². The molecule has 1 fully saturated rings. The molecule has 8 nitrogen and oxygen atoms in total. The maximum Gasteiger partial charge on any atom is 0.433 e. The molecule has 2 atom stereocenters. The number of nitrogens with zero attached hydrogens (tertiary/aromatic N) is 3. The van der Waals surface area contributed by atoms with Gasteiger partial charge in [0.25, 0.3) is 0 Å². The van der Waals surface area contributed by atoms with Crippen LogP contribution in [-0.2, 0) is 27.9 Å². The number of methoxy groups -OCH3 is 1. The average molecular weight is 536 g/mol. The second-order valence-corrected chi connectivity index (χ2v) is 11.0. The minimum absolute atomic E-state index is 0.192. The minimum atomic E-state index is -4.59. The number of aliphatic hydroxyl groups is 1. The molecule has 1 aliphatic rings. The Balaban J connectivity index is 1.63. The lowest BCUT2D eigenvalue weighted by atomic mass is 9.63. The molecule has 2 aromatic heterocycles. The van der Waals surface area contributed by atoms with Crippen molar-refractivity contribution in [2.75, 3.05) is 12.4 Å². The molecule has 1 amide bonds. The number of nitrogens with two attached hydrogens (primary N) is 1. The van der Waals surface area contributed by atoms with Crippen molar-refractivity contribution < 1.29 is 27.8 Å². The van der Waals surface area contributed by atoms with Crippen LogP contribution in [0.4, 0.5) is 24.8 Å². The van der Waals surface area contributed by atoms with Crippen molar-refractivity contribution in [3.05, 3.63) is 52.9 Å². The topological polar surface area (TPSA) is 123 Å². The molecule has 1 aromatic carbocycles. The Morgan fingerprint density at radius 3 is 2.70 bits per heavy atom. The molecule has 1 saturated carbocycles. The van der Waals surface area contributed by atoms with Gasteiger partial charge in [-0.05, 0) is 60.1 Å². The molecule has 4 rings (SSSR count). The molecular weight excluding hydrogens is 507 g/mol. The van der Waals surface area contributed by atoms with E-state index in [1.807, 2.05) is 19.9 Å². The van der Waals surface area contributed by atoms with Crippen molar-refractivity contribution in [3.63, 3.8) is 0 Å². The van der Waals surface area contributed by atoms with E-state index in [9.17, 15) is 23.1 Å². The molecule has 4 N–H and O–H groups in total. The summed E-state index contributed by atoms with van der Waals surface area (Å²) in [4.78, 5) is 24.6. The first kappa shape index (κ1) is 27.0. The van der Waals surface area contributed by atoms with Crippen molar-refractivity contribution in [2.45, 2.75) is 51.5 Å². The smallest absolute Gasteiger partial charge is 0.383 e. The van der Waals surface area contributed by atoms with Crippen molar-refractivity contribution >= 4 is 28.9 Å². The Morgan fingerprint density at radius 1 is 1.30 bits per heavy atom. The third kappa shape index (κ3) is 5.91. The number of hydrogen-bond donors (Lipinski definition) is 3. The van der Waals surface area contributed by atoms with Crippen LogP contribution in [-0.4, -0.2) is 33.1 Å². The summed E-state index contributed by atoms with van der Waals surface area (Å²) in [6, 6.07) is 6.18. The molecule has 37 heavy (non-hydrogen) atoms. The van der Waals surface area contributed by atoms with Crippen molar-refractivity contribution in [2.24, 2.45) is 17.1 Å². The molecule has 0 bridgehead atoms. The number of hydrogen-bond acceptors (Lipinski definition) is 8. The summed E-state index contributed by atoms with van der Waals surface area (Å²) < 4.78 is 44.5. The predicted octanol–water partition coefficient (Wildman–Crippen LogP) is 5.01. The normalized spacial score (nSPS) is 21.5. The summed E-state index contributed by atoms with van der Waals surface area (Å²) in [7, 11) is 1.54. The highest BCUT2D eigenvalue weighted by molar-refractivity contribution is 7.15. The number of amides is 1. The highest BCUT2D eigenvalue weighted by atomic mass is 32.1. The average Bonchev–Trinajstić information content (AvgIpc) is 3.29. The summed E-state index contributed by atoms with van der Waals surface area (Å²) >= 11 is 1.32. The first-order valence-electron chi connectivity index (χ1n) is 11.6. The number of aromatic nitrogens is 3. The fourth-order valence-corrected chi connectivity index (χ4v) is 5.95. The van der Waals surface area contributed by atoms with Crippen molar-refractivity contribution in [1.82, 2.24) is 15.0 Å². The number of alkyl halides is 3. The second kappa shape index (κ2) is 9.99. The number of anilines is 2. The van der Waals surface area contributed by atoms with Gasteiger partial charge in [-0.3, -0.25) is 4.79 Å². The van der Waals surface area contributed by atoms with Gasteiger partial charge in [0, 0.05) is 31.1 Å². The van der Waals surface area contributed by atoms with Gasteiger partial charge in [-0.1, -0.05) is 13.8 Å². The molecule has 0 aliphatic heterocycles. The first-order valence-corrected chi connectivity index (χ1v) is 12.4. The molecular formula is C25H28F3N5O3S. The van der Waals surface area contributed by atoms with E-state index in [1.54, 1.807) is 25.4 Å². The van der Waals surface area contributed by atoms with Gasteiger partial charge in [-0.15, -0.1) is 11.3 Å². The van der Waals surface area contributed by atoms with Gasteiger partial charge in [0.05, 0.1) is 11.5 Å². The van der Waals surface area contributed by atoms with E-state index in [2.05, 4.69) is 20.3 Å². The minimum Gasteiger partial charge on any atom is -0.383 e. The number of carbonyl (C=O) groups excluding carboxylic acids is 1. The lowest BCUT2D eigenvalue weighted by molar-refractivity contribution is -0.141. The number of benzene rings is 1. The van der Waals surface area contributed by atoms with Crippen LogP contribution in [0.25, 0.3) is 10.4 Å². The summed E-state index contributed by atoms with van der Waals surface area (Å²) in [5.74, 6) is -0.890. The first-order chi connectivity index (χ1) is 17.3. The monoisotopic (exact) mass is 535 g/mol. The molecule has 12 heteroatoms. The third-order valence-corrected chi connectivity index (χ3v) is 7.82. The Labute approximate surface area is 216 Å². The van der Waals surface area contributed by atoms with Crippen LogP contribution in [0.15, 0.2) is 36.7 Å². The van der Waals surface area contributed by atoms with Crippen molar-refractivity contribution in [1.29, 1.82) is 0 Å². The van der Waals surface area contributed by atoms with E-state index in [0.717, 1.165) is 28.3 Å². The van der Waals surface area contributed by atoms with E-state index < -0.39 is 22.9 Å². The lowest BCUT2D eigenvalue weighted by Crippen LogP contribution is -2.46. The van der Waals surface area contributed by atoms with E-state index in [4.69, 9.17) is 10.5 Å². The standard InChI is InChI=1S/C25H28F3N5O3S/c1-23(2)13-24(35,6-4-17(23)20(29)34)21-31-11-18(37-21)15-8-14(12-36-3)9-16(10-15)32-22-30-7-5-19(33-22)25(26,27)28/h5,7-11,17,35H,4,6,12-13H2,1-3H3,(H2,29,34)(H,30,32,33)/t17-,24-/m1/s1. The van der Waals surface area contributed by atoms with Gasteiger partial charge in [-0.25, -0.2) is 15.0 Å². The number of ether oxygens (including phenoxy) is 1. The number of rotatable bonds is 7. The maximum atomic E-state index is 13.1. The van der Waals surface area contributed by atoms with E-state index in [1.165, 1.54) is 11.3 Å². The van der Waals surface area contributed by atoms with E-state index >= 15 is 0 Å². The van der Waals surface area contributed by atoms with E-state index in [0.29, 0.717) is 30.0 Å². The Kier molecular flexibility index (Phi) is 7.28. The van der Waals surface area contributed by atoms with Crippen LogP contribution in [0.1, 0.15) is 49.4 Å². The number of nitrogens with one attached hydrogen (secondary N) is 1. The molecule has 3 aromatic rings. The molecule has 0 unspecified atom stereocenters. The molecule has 0 radical (unpaired) electrons. The van der Waals surface area contributed by atoms with Crippen LogP contribution >= 0.6 is 11.3 Å². The number of thiazole rings is 1. The highest BCUT2D eigenvalue weighted by Gasteiger charge is 2.48. The fraction of sp³-hybridized carbons (Fsp3) is 0.440. The Morgan fingerprint density at radius 2 is 2.05 bits per heavy atom. The molecule has 2 heterocycles. The third-order valence-electron chi connectivity index (χ3n) is 6.58. The number of primary amides is 1. The highest BCUT2D eigenvalue weighted by Crippen LogP contribution is 2.50. The summed E-state index contributed by atoms with van der Waals surface area (Å²) in [6.07, 6.45) is -0.732. The van der Waals surface area contributed by atoms with Gasteiger partial charge in [-0.2, -0.15) is 13.2 Å². The summed E-state index contributed by atoms with van der Waals surface area (Å²) in [5.41, 5.74) is 4.81. The molecule has 0 spiro atoms. The number of halogens is 3. The zero-order chi connectivity index (χ0) is 27.0. The van der Waals surface area contributed by atoms with Crippen LogP contribution in [0, 0.1) is 11.3 Å². The SMILES string of the molecule is COCc1cc(Nc2nccc(C(F)(F)F)n2)cc(-c2cnc([C@@]3(O)CC[C@H](C(N)=O)C(C)(C)C3)s2)c1. The summed E-state index contributed by atoms with van der Waals surface area (Å²) in [6.45, 7) is 4.11. The predicted molar refractivity (Wildman–Crippen MR) is 133 cm³/mol. The van der Waals surface area contributed by atoms with Crippen LogP contribution < -0.4 is 11.1 Å².